The molecule has 1 aromatic carbocycles. The van der Waals surface area contributed by atoms with Gasteiger partial charge in [-0.2, -0.15) is 0 Å². The molecule has 0 aliphatic carbocycles. The van der Waals surface area contributed by atoms with Crippen LogP contribution in [0.25, 0.3) is 0 Å². The lowest BCUT2D eigenvalue weighted by Crippen LogP contribution is -1.91. The highest BCUT2D eigenvalue weighted by Crippen LogP contribution is 2.27. The van der Waals surface area contributed by atoms with Crippen LogP contribution < -0.4 is 9.47 Å². The molecule has 0 aromatic heterocycles. The first kappa shape index (κ1) is 14.5. The van der Waals surface area contributed by atoms with Crippen LogP contribution in [0.4, 0.5) is 0 Å². The fourth-order valence-electron chi connectivity index (χ4n) is 1.17. The summed E-state index contributed by atoms with van der Waals surface area (Å²) in [5.41, 5.74) is 1.17. The highest BCUT2D eigenvalue weighted by molar-refractivity contribution is 5.43. The van der Waals surface area contributed by atoms with E-state index in [1.807, 2.05) is 24.3 Å². The molecule has 0 N–H and O–H groups in total. The second-order valence-electron chi connectivity index (χ2n) is 3.09. The molecule has 0 saturated heterocycles. The second-order valence-corrected chi connectivity index (χ2v) is 3.09. The Bertz CT molecular complexity index is 308. The van der Waals surface area contributed by atoms with Gasteiger partial charge in [-0.05, 0) is 24.1 Å². The maximum atomic E-state index is 5.16. The summed E-state index contributed by atoms with van der Waals surface area (Å²) in [4.78, 5) is 0. The normalized spacial score (nSPS) is 8.75. The Balaban J connectivity index is 0.000000673. The van der Waals surface area contributed by atoms with Crippen LogP contribution in [0.5, 0.6) is 11.5 Å². The van der Waals surface area contributed by atoms with Crippen LogP contribution >= 0.6 is 0 Å². The minimum atomic E-state index is 0.760. The van der Waals surface area contributed by atoms with Gasteiger partial charge in [-0.3, -0.25) is 0 Å². The van der Waals surface area contributed by atoms with Crippen molar-refractivity contribution in [2.75, 3.05) is 28.4 Å². The van der Waals surface area contributed by atoms with E-state index in [4.69, 9.17) is 9.47 Å². The van der Waals surface area contributed by atoms with Crippen LogP contribution in [-0.4, -0.2) is 28.4 Å². The molecule has 0 unspecified atom stereocenters. The van der Waals surface area contributed by atoms with Gasteiger partial charge >= 0.3 is 0 Å². The first-order valence-corrected chi connectivity index (χ1v) is 4.95. The van der Waals surface area contributed by atoms with Crippen molar-refractivity contribution in [3.05, 3.63) is 36.4 Å². The van der Waals surface area contributed by atoms with Gasteiger partial charge < -0.3 is 14.2 Å². The number of methoxy groups -OCH3 is 3. The number of hydrogen-bond donors (Lipinski definition) is 0. The van der Waals surface area contributed by atoms with Crippen molar-refractivity contribution in [3.8, 4) is 11.5 Å². The lowest BCUT2D eigenvalue weighted by atomic mass is 10.1. The second kappa shape index (κ2) is 8.80. The Morgan fingerprint density at radius 1 is 1.06 bits per heavy atom. The van der Waals surface area contributed by atoms with Gasteiger partial charge in [0.05, 0.1) is 14.2 Å². The monoisotopic (exact) mass is 224 g/mol. The van der Waals surface area contributed by atoms with Crippen LogP contribution in [0.2, 0.25) is 0 Å². The van der Waals surface area contributed by atoms with E-state index in [1.165, 1.54) is 5.56 Å². The van der Waals surface area contributed by atoms with Crippen molar-refractivity contribution in [1.82, 2.24) is 0 Å². The smallest absolute Gasteiger partial charge is 0.160 e. The van der Waals surface area contributed by atoms with Gasteiger partial charge in [-0.1, -0.05) is 12.1 Å². The molecule has 0 radical (unpaired) electrons. The number of hydrogen-bond acceptors (Lipinski definition) is 3. The Kier molecular flexibility index (Phi) is 7.98. The third-order valence-electron chi connectivity index (χ3n) is 1.83. The standard InChI is InChI=1S/C11H14O2.C2H6O/c1-4-5-9-6-7-10(12-2)11(8-9)13-3;1-3-2/h4,6-8H,1,5H2,2-3H3;1-2H3. The van der Waals surface area contributed by atoms with Crippen molar-refractivity contribution < 1.29 is 14.2 Å². The third-order valence-corrected chi connectivity index (χ3v) is 1.83. The summed E-state index contributed by atoms with van der Waals surface area (Å²) in [7, 11) is 6.51. The van der Waals surface area contributed by atoms with Crippen LogP contribution in [0.1, 0.15) is 5.56 Å². The maximum absolute atomic E-state index is 5.16. The van der Waals surface area contributed by atoms with E-state index >= 15 is 0 Å². The molecule has 16 heavy (non-hydrogen) atoms. The van der Waals surface area contributed by atoms with E-state index in [1.54, 1.807) is 28.4 Å². The SMILES string of the molecule is C=CCc1ccc(OC)c(OC)c1.COC. The highest BCUT2D eigenvalue weighted by Gasteiger charge is 2.02. The first-order chi connectivity index (χ1) is 7.73. The highest BCUT2D eigenvalue weighted by atomic mass is 16.5. The van der Waals surface area contributed by atoms with E-state index < -0.39 is 0 Å². The average Bonchev–Trinajstić information content (AvgIpc) is 2.30. The lowest BCUT2D eigenvalue weighted by Gasteiger charge is -2.08. The van der Waals surface area contributed by atoms with E-state index in [-0.39, 0.29) is 0 Å². The van der Waals surface area contributed by atoms with Crippen molar-refractivity contribution in [1.29, 1.82) is 0 Å². The topological polar surface area (TPSA) is 27.7 Å². The molecule has 0 spiro atoms. The molecule has 3 heteroatoms. The molecule has 0 amide bonds. The predicted molar refractivity (Wildman–Crippen MR) is 66.4 cm³/mol. The van der Waals surface area contributed by atoms with Crippen LogP contribution in [0.3, 0.4) is 0 Å². The molecule has 3 nitrogen and oxygen atoms in total. The molecule has 0 bridgehead atoms. The minimum absolute atomic E-state index is 0.760. The Labute approximate surface area is 97.6 Å². The molecular weight excluding hydrogens is 204 g/mol. The number of rotatable bonds is 4. The molecule has 1 aromatic rings. The summed E-state index contributed by atoms with van der Waals surface area (Å²) in [5, 5.41) is 0. The molecule has 90 valence electrons. The van der Waals surface area contributed by atoms with Crippen LogP contribution in [0.15, 0.2) is 30.9 Å². The van der Waals surface area contributed by atoms with Crippen molar-refractivity contribution in [3.63, 3.8) is 0 Å². The molecule has 0 aliphatic heterocycles. The number of benzene rings is 1. The van der Waals surface area contributed by atoms with Gasteiger partial charge in [0, 0.05) is 14.2 Å². The fraction of sp³-hybridized carbons (Fsp3) is 0.385. The fourth-order valence-corrected chi connectivity index (χ4v) is 1.17. The van der Waals surface area contributed by atoms with Gasteiger partial charge in [0.25, 0.3) is 0 Å². The van der Waals surface area contributed by atoms with E-state index in [0.717, 1.165) is 17.9 Å². The Morgan fingerprint density at radius 2 is 1.62 bits per heavy atom. The predicted octanol–water partition coefficient (Wildman–Crippen LogP) is 2.69. The summed E-state index contributed by atoms with van der Waals surface area (Å²) >= 11 is 0. The van der Waals surface area contributed by atoms with Gasteiger partial charge in [0.2, 0.25) is 0 Å². The van der Waals surface area contributed by atoms with Crippen molar-refractivity contribution in [2.45, 2.75) is 6.42 Å². The van der Waals surface area contributed by atoms with Crippen LogP contribution in [-0.2, 0) is 11.2 Å². The zero-order valence-electron chi connectivity index (χ0n) is 10.4. The molecular formula is C13H20O3. The molecule has 0 aliphatic rings. The summed E-state index contributed by atoms with van der Waals surface area (Å²) in [6.45, 7) is 3.68. The summed E-state index contributed by atoms with van der Waals surface area (Å²) in [5.74, 6) is 1.53. The minimum Gasteiger partial charge on any atom is -0.493 e. The quantitative estimate of drug-likeness (QED) is 0.736. The van der Waals surface area contributed by atoms with E-state index in [9.17, 15) is 0 Å². The molecule has 0 heterocycles. The summed E-state index contributed by atoms with van der Waals surface area (Å²) in [6.07, 6.45) is 2.71. The zero-order chi connectivity index (χ0) is 12.4. The maximum Gasteiger partial charge on any atom is 0.160 e. The summed E-state index contributed by atoms with van der Waals surface area (Å²) in [6, 6.07) is 5.86. The largest absolute Gasteiger partial charge is 0.493 e. The Morgan fingerprint density at radius 3 is 2.06 bits per heavy atom. The third kappa shape index (κ3) is 4.84. The van der Waals surface area contributed by atoms with Gasteiger partial charge in [0.15, 0.2) is 11.5 Å². The summed E-state index contributed by atoms with van der Waals surface area (Å²) < 4.78 is 14.5. The Hall–Kier alpha value is -1.48. The van der Waals surface area contributed by atoms with Crippen molar-refractivity contribution in [2.24, 2.45) is 0 Å². The molecule has 0 saturated carbocycles. The van der Waals surface area contributed by atoms with Gasteiger partial charge in [-0.15, -0.1) is 6.58 Å². The number of allylic oxidation sites excluding steroid dienone is 1. The molecule has 0 fully saturated rings. The number of ether oxygens (including phenoxy) is 3. The molecule has 0 atom stereocenters. The molecule has 1 rings (SSSR count). The van der Waals surface area contributed by atoms with Gasteiger partial charge in [-0.25, -0.2) is 0 Å². The first-order valence-electron chi connectivity index (χ1n) is 4.95. The lowest BCUT2D eigenvalue weighted by molar-refractivity contribution is 0.277. The van der Waals surface area contributed by atoms with E-state index in [2.05, 4.69) is 11.3 Å². The zero-order valence-corrected chi connectivity index (χ0v) is 10.4. The van der Waals surface area contributed by atoms with Crippen LogP contribution in [0, 0.1) is 0 Å². The van der Waals surface area contributed by atoms with Gasteiger partial charge in [0.1, 0.15) is 0 Å². The van der Waals surface area contributed by atoms with Crippen molar-refractivity contribution >= 4 is 0 Å². The average molecular weight is 224 g/mol. The van der Waals surface area contributed by atoms with E-state index in [0.29, 0.717) is 0 Å².